The number of phenolic OH excluding ortho intramolecular Hbond substituents is 1. The molecule has 3 rings (SSSR count). The minimum absolute atomic E-state index is 0.209. The van der Waals surface area contributed by atoms with Crippen LogP contribution in [0.4, 0.5) is 5.69 Å². The molecule has 0 aromatic heterocycles. The second-order valence-electron chi connectivity index (χ2n) is 8.31. The maximum Gasteiger partial charge on any atom is 0.138 e. The zero-order valence-corrected chi connectivity index (χ0v) is 17.1. The first kappa shape index (κ1) is 20.9. The third kappa shape index (κ3) is 5.16. The van der Waals surface area contributed by atoms with Crippen molar-refractivity contribution in [2.24, 2.45) is 0 Å². The third-order valence-corrected chi connectivity index (χ3v) is 6.39. The maximum absolute atomic E-state index is 10.1. The zero-order valence-electron chi connectivity index (χ0n) is 17.1. The number of likely N-dealkylation sites (tertiary alicyclic amines) is 1. The van der Waals surface area contributed by atoms with Gasteiger partial charge in [0.25, 0.3) is 0 Å². The van der Waals surface area contributed by atoms with E-state index in [0.29, 0.717) is 36.6 Å². The first-order valence-electron chi connectivity index (χ1n) is 10.4. The van der Waals surface area contributed by atoms with Crippen LogP contribution in [0.15, 0.2) is 18.2 Å². The van der Waals surface area contributed by atoms with Gasteiger partial charge < -0.3 is 19.9 Å². The van der Waals surface area contributed by atoms with Gasteiger partial charge in [-0.05, 0) is 63.6 Å². The van der Waals surface area contributed by atoms with Crippen LogP contribution in [0.3, 0.4) is 0 Å². The normalized spacial score (nSPS) is 26.7. The number of nitrogens with one attached hydrogen (secondary N) is 1. The van der Waals surface area contributed by atoms with E-state index in [1.165, 1.54) is 12.8 Å². The van der Waals surface area contributed by atoms with Gasteiger partial charge in [-0.15, -0.1) is 0 Å². The fourth-order valence-electron chi connectivity index (χ4n) is 4.50. The summed E-state index contributed by atoms with van der Waals surface area (Å²) in [6.07, 6.45) is 7.04. The molecule has 1 aliphatic carbocycles. The number of aromatic hydroxyl groups is 1. The average Bonchev–Trinajstić information content (AvgIpc) is 2.72. The van der Waals surface area contributed by atoms with Gasteiger partial charge in [-0.2, -0.15) is 5.26 Å². The van der Waals surface area contributed by atoms with Crippen LogP contribution in [-0.4, -0.2) is 61.1 Å². The van der Waals surface area contributed by atoms with Crippen LogP contribution >= 0.6 is 0 Å². The molecular weight excluding hydrogens is 354 g/mol. The summed E-state index contributed by atoms with van der Waals surface area (Å²) in [6.45, 7) is 5.87. The third-order valence-electron chi connectivity index (χ3n) is 6.39. The number of hydrogen-bond donors (Lipinski definition) is 2. The molecule has 6 nitrogen and oxygen atoms in total. The summed E-state index contributed by atoms with van der Waals surface area (Å²) in [5, 5.41) is 22.6. The van der Waals surface area contributed by atoms with Crippen LogP contribution in [0, 0.1) is 11.3 Å². The summed E-state index contributed by atoms with van der Waals surface area (Å²) in [7, 11) is 1.71. The van der Waals surface area contributed by atoms with Crippen LogP contribution in [0.1, 0.15) is 51.0 Å². The molecule has 1 saturated heterocycles. The van der Waals surface area contributed by atoms with Crippen molar-refractivity contribution in [3.8, 4) is 11.8 Å². The van der Waals surface area contributed by atoms with Crippen molar-refractivity contribution < 1.29 is 14.6 Å². The Balaban J connectivity index is 1.47. The Morgan fingerprint density at radius 3 is 2.57 bits per heavy atom. The average molecular weight is 388 g/mol. The lowest BCUT2D eigenvalue weighted by atomic mass is 9.79. The van der Waals surface area contributed by atoms with E-state index in [9.17, 15) is 5.11 Å². The van der Waals surface area contributed by atoms with Crippen molar-refractivity contribution in [2.45, 2.75) is 63.1 Å². The van der Waals surface area contributed by atoms with Gasteiger partial charge in [0.05, 0.1) is 36.6 Å². The number of nitriles is 1. The molecule has 1 aromatic rings. The molecule has 0 radical (unpaired) electrons. The lowest BCUT2D eigenvalue weighted by molar-refractivity contribution is -0.0398. The van der Waals surface area contributed by atoms with Crippen LogP contribution in [0.5, 0.6) is 5.75 Å². The minimum Gasteiger partial charge on any atom is -0.506 e. The second kappa shape index (κ2) is 9.60. The Morgan fingerprint density at radius 1 is 1.21 bits per heavy atom. The van der Waals surface area contributed by atoms with Crippen LogP contribution in [-0.2, 0) is 9.47 Å². The number of nitrogens with zero attached hydrogens (tertiary/aromatic N) is 2. The van der Waals surface area contributed by atoms with Crippen molar-refractivity contribution >= 4 is 5.69 Å². The molecule has 0 spiro atoms. The number of rotatable bonds is 7. The van der Waals surface area contributed by atoms with E-state index in [2.05, 4.69) is 23.2 Å². The van der Waals surface area contributed by atoms with E-state index >= 15 is 0 Å². The number of ether oxygens (including phenoxy) is 2. The van der Waals surface area contributed by atoms with Gasteiger partial charge >= 0.3 is 0 Å². The fraction of sp³-hybridized carbons (Fsp3) is 0.682. The SMILES string of the molecule is COCCOC1CCC(C)(N2CCC(Nc3cc(C#N)ccc3O)CC2)CC1. The van der Waals surface area contributed by atoms with E-state index in [1.807, 2.05) is 0 Å². The molecule has 2 fully saturated rings. The summed E-state index contributed by atoms with van der Waals surface area (Å²) in [6, 6.07) is 7.41. The monoisotopic (exact) mass is 387 g/mol. The molecule has 1 saturated carbocycles. The first-order chi connectivity index (χ1) is 13.5. The smallest absolute Gasteiger partial charge is 0.138 e. The summed E-state index contributed by atoms with van der Waals surface area (Å²) < 4.78 is 11.0. The lowest BCUT2D eigenvalue weighted by Gasteiger charge is -2.48. The Bertz CT molecular complexity index is 672. The van der Waals surface area contributed by atoms with Crippen LogP contribution < -0.4 is 5.32 Å². The first-order valence-corrected chi connectivity index (χ1v) is 10.4. The highest BCUT2D eigenvalue weighted by Crippen LogP contribution is 2.37. The molecule has 0 bridgehead atoms. The predicted octanol–water partition coefficient (Wildman–Crippen LogP) is 3.50. The fourth-order valence-corrected chi connectivity index (χ4v) is 4.50. The summed E-state index contributed by atoms with van der Waals surface area (Å²) in [4.78, 5) is 2.64. The number of methoxy groups -OCH3 is 1. The maximum atomic E-state index is 10.1. The Labute approximate surface area is 168 Å². The summed E-state index contributed by atoms with van der Waals surface area (Å²) >= 11 is 0. The number of anilines is 1. The van der Waals surface area contributed by atoms with Crippen molar-refractivity contribution in [3.05, 3.63) is 23.8 Å². The highest BCUT2D eigenvalue weighted by molar-refractivity contribution is 5.59. The van der Waals surface area contributed by atoms with Gasteiger partial charge in [-0.1, -0.05) is 0 Å². The number of piperidine rings is 1. The van der Waals surface area contributed by atoms with E-state index in [1.54, 1.807) is 25.3 Å². The van der Waals surface area contributed by atoms with Crippen molar-refractivity contribution in [2.75, 3.05) is 38.7 Å². The number of hydrogen-bond acceptors (Lipinski definition) is 6. The summed E-state index contributed by atoms with van der Waals surface area (Å²) in [5.41, 5.74) is 1.49. The number of benzene rings is 1. The molecule has 1 aliphatic heterocycles. The van der Waals surface area contributed by atoms with E-state index < -0.39 is 0 Å². The molecule has 1 heterocycles. The molecule has 2 aliphatic rings. The van der Waals surface area contributed by atoms with E-state index in [0.717, 1.165) is 38.8 Å². The molecule has 0 unspecified atom stereocenters. The Hall–Kier alpha value is -1.81. The Kier molecular flexibility index (Phi) is 7.17. The van der Waals surface area contributed by atoms with Crippen LogP contribution in [0.2, 0.25) is 0 Å². The topological polar surface area (TPSA) is 77.8 Å². The quantitative estimate of drug-likeness (QED) is 0.551. The largest absolute Gasteiger partial charge is 0.506 e. The second-order valence-corrected chi connectivity index (χ2v) is 8.31. The highest BCUT2D eigenvalue weighted by Gasteiger charge is 2.38. The van der Waals surface area contributed by atoms with Crippen molar-refractivity contribution in [1.29, 1.82) is 5.26 Å². The molecule has 6 heteroatoms. The van der Waals surface area contributed by atoms with Gasteiger partial charge in [0.1, 0.15) is 5.75 Å². The van der Waals surface area contributed by atoms with Gasteiger partial charge in [0, 0.05) is 31.8 Å². The van der Waals surface area contributed by atoms with Crippen LogP contribution in [0.25, 0.3) is 0 Å². The van der Waals surface area contributed by atoms with Gasteiger partial charge in [0.2, 0.25) is 0 Å². The molecule has 0 amide bonds. The highest BCUT2D eigenvalue weighted by atomic mass is 16.5. The van der Waals surface area contributed by atoms with Gasteiger partial charge in [0.15, 0.2) is 0 Å². The standard InChI is InChI=1S/C22H33N3O3/c1-22(9-5-19(6-10-22)28-14-13-27-2)25-11-7-18(8-12-25)24-20-15-17(16-23)3-4-21(20)26/h3-4,15,18-19,24,26H,5-14H2,1-2H3. The zero-order chi connectivity index (χ0) is 20.0. The van der Waals surface area contributed by atoms with E-state index in [4.69, 9.17) is 14.7 Å². The molecule has 28 heavy (non-hydrogen) atoms. The minimum atomic E-state index is 0.209. The molecule has 0 atom stereocenters. The van der Waals surface area contributed by atoms with Gasteiger partial charge in [-0.25, -0.2) is 0 Å². The lowest BCUT2D eigenvalue weighted by Crippen LogP contribution is -2.53. The molecule has 2 N–H and O–H groups in total. The van der Waals surface area contributed by atoms with Crippen molar-refractivity contribution in [3.63, 3.8) is 0 Å². The Morgan fingerprint density at radius 2 is 1.93 bits per heavy atom. The molecular formula is C22H33N3O3. The van der Waals surface area contributed by atoms with Crippen molar-refractivity contribution in [1.82, 2.24) is 4.90 Å². The molecule has 154 valence electrons. The van der Waals surface area contributed by atoms with E-state index in [-0.39, 0.29) is 11.3 Å². The number of phenols is 1. The molecule has 1 aromatic carbocycles. The van der Waals surface area contributed by atoms with Gasteiger partial charge in [-0.3, -0.25) is 4.90 Å². The summed E-state index contributed by atoms with van der Waals surface area (Å²) in [5.74, 6) is 0.209. The predicted molar refractivity (Wildman–Crippen MR) is 110 cm³/mol.